The van der Waals surface area contributed by atoms with E-state index >= 15 is 0 Å². The van der Waals surface area contributed by atoms with Crippen LogP contribution in [0.5, 0.6) is 0 Å². The fraction of sp³-hybridized carbons (Fsp3) is 0.0625. The Morgan fingerprint density at radius 3 is 2.32 bits per heavy atom. The molecule has 0 spiro atoms. The highest BCUT2D eigenvalue weighted by Crippen LogP contribution is 2.24. The summed E-state index contributed by atoms with van der Waals surface area (Å²) >= 11 is 6.06. The summed E-state index contributed by atoms with van der Waals surface area (Å²) in [5.41, 5.74) is 4.08. The van der Waals surface area contributed by atoms with Crippen LogP contribution in [0.1, 0.15) is 16.7 Å². The zero-order valence-electron chi connectivity index (χ0n) is 20.0. The summed E-state index contributed by atoms with van der Waals surface area (Å²) in [6, 6.07) is 33.6. The number of fused-ring (bicyclic) bond motifs is 1. The van der Waals surface area contributed by atoms with Gasteiger partial charge in [0.2, 0.25) is 5.91 Å². The van der Waals surface area contributed by atoms with Crippen LogP contribution in [0.4, 0.5) is 0 Å². The van der Waals surface area contributed by atoms with E-state index in [0.717, 1.165) is 22.3 Å². The molecule has 0 radical (unpaired) electrons. The van der Waals surface area contributed by atoms with Gasteiger partial charge in [0.1, 0.15) is 11.3 Å². The number of hydrogen-bond acceptors (Lipinski definition) is 3. The number of rotatable bonds is 7. The van der Waals surface area contributed by atoms with Gasteiger partial charge in [-0.25, -0.2) is 0 Å². The molecule has 0 atom stereocenters. The second-order valence-corrected chi connectivity index (χ2v) is 9.17. The van der Waals surface area contributed by atoms with Crippen molar-refractivity contribution in [2.24, 2.45) is 0 Å². The Kier molecular flexibility index (Phi) is 7.29. The first kappa shape index (κ1) is 24.3. The molecule has 0 bridgehead atoms. The van der Waals surface area contributed by atoms with E-state index in [-0.39, 0.29) is 11.3 Å². The van der Waals surface area contributed by atoms with Crippen molar-refractivity contribution in [3.05, 3.63) is 147 Å². The van der Waals surface area contributed by atoms with Gasteiger partial charge in [0, 0.05) is 35.8 Å². The van der Waals surface area contributed by atoms with Gasteiger partial charge < -0.3 is 9.32 Å². The van der Waals surface area contributed by atoms with Crippen molar-refractivity contribution in [1.29, 1.82) is 0 Å². The Labute approximate surface area is 220 Å². The molecule has 1 heterocycles. The lowest BCUT2D eigenvalue weighted by Crippen LogP contribution is -2.28. The van der Waals surface area contributed by atoms with E-state index in [4.69, 9.17) is 16.0 Å². The second-order valence-electron chi connectivity index (χ2n) is 8.74. The third-order valence-electron chi connectivity index (χ3n) is 6.04. The van der Waals surface area contributed by atoms with Crippen LogP contribution >= 0.6 is 11.6 Å². The standard InChI is InChI=1S/C32H24ClNO3/c33-27-16-13-24(14-17-27)21-34(32(36)18-15-23-7-2-1-3-8-23)22-25-9-6-10-26(19-25)31-20-29(35)28-11-4-5-12-30(28)37-31/h1-20H,21-22H2/b18-15+. The number of amides is 1. The van der Waals surface area contributed by atoms with Gasteiger partial charge in [0.15, 0.2) is 5.43 Å². The second kappa shape index (κ2) is 11.1. The van der Waals surface area contributed by atoms with Crippen molar-refractivity contribution in [1.82, 2.24) is 4.90 Å². The summed E-state index contributed by atoms with van der Waals surface area (Å²) in [5.74, 6) is 0.381. The van der Waals surface area contributed by atoms with E-state index < -0.39 is 0 Å². The van der Waals surface area contributed by atoms with Gasteiger partial charge in [-0.2, -0.15) is 0 Å². The molecule has 1 aromatic heterocycles. The molecule has 0 saturated carbocycles. The molecular formula is C32H24ClNO3. The molecule has 0 aliphatic carbocycles. The van der Waals surface area contributed by atoms with E-state index in [0.29, 0.717) is 34.8 Å². The third kappa shape index (κ3) is 6.05. The summed E-state index contributed by atoms with van der Waals surface area (Å²) < 4.78 is 6.03. The van der Waals surface area contributed by atoms with Crippen LogP contribution in [0.15, 0.2) is 124 Å². The Balaban J connectivity index is 1.44. The van der Waals surface area contributed by atoms with Crippen molar-refractivity contribution >= 4 is 34.6 Å². The molecule has 0 fully saturated rings. The quantitative estimate of drug-likeness (QED) is 0.217. The molecule has 1 amide bonds. The van der Waals surface area contributed by atoms with Crippen LogP contribution in [0, 0.1) is 0 Å². The first-order valence-electron chi connectivity index (χ1n) is 11.9. The smallest absolute Gasteiger partial charge is 0.247 e. The van der Waals surface area contributed by atoms with Gasteiger partial charge in [-0.05, 0) is 53.1 Å². The lowest BCUT2D eigenvalue weighted by Gasteiger charge is -2.22. The highest BCUT2D eigenvalue weighted by molar-refractivity contribution is 6.30. The lowest BCUT2D eigenvalue weighted by molar-refractivity contribution is -0.127. The van der Waals surface area contributed by atoms with Crippen LogP contribution in [0.3, 0.4) is 0 Å². The Morgan fingerprint density at radius 2 is 1.51 bits per heavy atom. The number of hydrogen-bond donors (Lipinski definition) is 0. The van der Waals surface area contributed by atoms with Crippen molar-refractivity contribution in [3.63, 3.8) is 0 Å². The van der Waals surface area contributed by atoms with E-state index in [9.17, 15) is 9.59 Å². The minimum Gasteiger partial charge on any atom is -0.456 e. The molecule has 0 aliphatic heterocycles. The summed E-state index contributed by atoms with van der Waals surface area (Å²) in [6.07, 6.45) is 3.41. The Morgan fingerprint density at radius 1 is 0.784 bits per heavy atom. The summed E-state index contributed by atoms with van der Waals surface area (Å²) in [5, 5.41) is 1.20. The minimum absolute atomic E-state index is 0.0900. The van der Waals surface area contributed by atoms with Gasteiger partial charge in [0.05, 0.1) is 5.39 Å². The molecule has 0 aliphatic rings. The van der Waals surface area contributed by atoms with E-state index in [2.05, 4.69) is 0 Å². The fourth-order valence-corrected chi connectivity index (χ4v) is 4.27. The highest BCUT2D eigenvalue weighted by atomic mass is 35.5. The Bertz CT molecular complexity index is 1620. The average Bonchev–Trinajstić information content (AvgIpc) is 2.93. The van der Waals surface area contributed by atoms with Crippen molar-refractivity contribution < 1.29 is 9.21 Å². The predicted octanol–water partition coefficient (Wildman–Crippen LogP) is 7.36. The van der Waals surface area contributed by atoms with Crippen LogP contribution in [0.2, 0.25) is 5.02 Å². The minimum atomic E-state index is -0.110. The molecule has 5 heteroatoms. The molecule has 5 rings (SSSR count). The lowest BCUT2D eigenvalue weighted by atomic mass is 10.1. The van der Waals surface area contributed by atoms with Crippen LogP contribution in [0.25, 0.3) is 28.4 Å². The van der Waals surface area contributed by atoms with Crippen LogP contribution in [-0.4, -0.2) is 10.8 Å². The molecule has 4 aromatic carbocycles. The molecule has 4 nitrogen and oxygen atoms in total. The summed E-state index contributed by atoms with van der Waals surface area (Å²) in [7, 11) is 0. The maximum absolute atomic E-state index is 13.3. The van der Waals surface area contributed by atoms with Gasteiger partial charge in [-0.3, -0.25) is 9.59 Å². The third-order valence-corrected chi connectivity index (χ3v) is 6.29. The fourth-order valence-electron chi connectivity index (χ4n) is 4.15. The Hall–Kier alpha value is -4.41. The number of carbonyl (C=O) groups is 1. The maximum Gasteiger partial charge on any atom is 0.247 e. The van der Waals surface area contributed by atoms with Crippen molar-refractivity contribution in [2.45, 2.75) is 13.1 Å². The van der Waals surface area contributed by atoms with Crippen LogP contribution in [-0.2, 0) is 17.9 Å². The molecule has 0 N–H and O–H groups in total. The number of carbonyl (C=O) groups excluding carboxylic acids is 1. The maximum atomic E-state index is 13.3. The molecule has 182 valence electrons. The molecule has 0 saturated heterocycles. The van der Waals surface area contributed by atoms with Crippen molar-refractivity contribution in [3.8, 4) is 11.3 Å². The van der Waals surface area contributed by atoms with E-state index in [1.54, 1.807) is 23.1 Å². The van der Waals surface area contributed by atoms with Gasteiger partial charge in [-0.15, -0.1) is 0 Å². The number of benzene rings is 4. The zero-order chi connectivity index (χ0) is 25.6. The molecule has 5 aromatic rings. The first-order chi connectivity index (χ1) is 18.0. The number of para-hydroxylation sites is 1. The van der Waals surface area contributed by atoms with Gasteiger partial charge in [-0.1, -0.05) is 84.4 Å². The van der Waals surface area contributed by atoms with Gasteiger partial charge >= 0.3 is 0 Å². The number of nitrogens with zero attached hydrogens (tertiary/aromatic N) is 1. The summed E-state index contributed by atoms with van der Waals surface area (Å²) in [4.78, 5) is 27.7. The average molecular weight is 506 g/mol. The first-order valence-corrected chi connectivity index (χ1v) is 12.3. The SMILES string of the molecule is O=C(/C=C/c1ccccc1)N(Cc1ccc(Cl)cc1)Cc1cccc(-c2cc(=O)c3ccccc3o2)c1. The monoisotopic (exact) mass is 505 g/mol. The topological polar surface area (TPSA) is 50.5 Å². The molecule has 0 unspecified atom stereocenters. The van der Waals surface area contributed by atoms with E-state index in [1.165, 1.54) is 6.07 Å². The molecular weight excluding hydrogens is 482 g/mol. The summed E-state index contributed by atoms with van der Waals surface area (Å²) in [6.45, 7) is 0.802. The van der Waals surface area contributed by atoms with Crippen LogP contribution < -0.4 is 5.43 Å². The molecule has 37 heavy (non-hydrogen) atoms. The zero-order valence-corrected chi connectivity index (χ0v) is 20.8. The highest BCUT2D eigenvalue weighted by Gasteiger charge is 2.14. The predicted molar refractivity (Wildman–Crippen MR) is 149 cm³/mol. The van der Waals surface area contributed by atoms with E-state index in [1.807, 2.05) is 97.1 Å². The van der Waals surface area contributed by atoms with Crippen molar-refractivity contribution in [2.75, 3.05) is 0 Å². The van der Waals surface area contributed by atoms with Gasteiger partial charge in [0.25, 0.3) is 0 Å². The largest absolute Gasteiger partial charge is 0.456 e. The normalized spacial score (nSPS) is 11.2. The number of halogens is 1.